The number of para-hydroxylation sites is 1. The standard InChI is InChI=1S/C26H22N4O/c1-18-14-23(12-13-27-18)29-22-10-11-25-19(15-22)17-30(26(25)31)24-9-5-8-21(16-24)28-20-6-3-2-4-7-20/h2-16,28H,17H2,1H3,(H,27,29). The number of benzene rings is 3. The van der Waals surface area contributed by atoms with Crippen LogP contribution in [0.2, 0.25) is 0 Å². The van der Waals surface area contributed by atoms with Crippen LogP contribution in [-0.2, 0) is 6.54 Å². The number of hydrogen-bond acceptors (Lipinski definition) is 4. The molecule has 4 aromatic rings. The molecule has 0 atom stereocenters. The van der Waals surface area contributed by atoms with E-state index in [4.69, 9.17) is 0 Å². The van der Waals surface area contributed by atoms with Crippen LogP contribution >= 0.6 is 0 Å². The SMILES string of the molecule is Cc1cc(Nc2ccc3c(c2)CN(c2cccc(Nc4ccccc4)c2)C3=O)ccn1. The number of amides is 1. The van der Waals surface area contributed by atoms with Gasteiger partial charge < -0.3 is 15.5 Å². The maximum Gasteiger partial charge on any atom is 0.258 e. The van der Waals surface area contributed by atoms with Crippen molar-refractivity contribution in [3.63, 3.8) is 0 Å². The largest absolute Gasteiger partial charge is 0.355 e. The number of anilines is 5. The van der Waals surface area contributed by atoms with Crippen molar-refractivity contribution in [3.05, 3.63) is 108 Å². The lowest BCUT2D eigenvalue weighted by Gasteiger charge is -2.17. The summed E-state index contributed by atoms with van der Waals surface area (Å²) in [6.07, 6.45) is 1.78. The number of rotatable bonds is 5. The highest BCUT2D eigenvalue weighted by molar-refractivity contribution is 6.10. The van der Waals surface area contributed by atoms with Crippen LogP contribution in [0.4, 0.5) is 28.4 Å². The number of carbonyl (C=O) groups is 1. The summed E-state index contributed by atoms with van der Waals surface area (Å²) in [6.45, 7) is 2.51. The summed E-state index contributed by atoms with van der Waals surface area (Å²) in [5.74, 6) is 0.0261. The fourth-order valence-corrected chi connectivity index (χ4v) is 3.84. The maximum absolute atomic E-state index is 13.1. The minimum atomic E-state index is 0.0261. The van der Waals surface area contributed by atoms with Crippen LogP contribution in [0.1, 0.15) is 21.6 Å². The van der Waals surface area contributed by atoms with Gasteiger partial charge >= 0.3 is 0 Å². The minimum absolute atomic E-state index is 0.0261. The van der Waals surface area contributed by atoms with Crippen LogP contribution in [0.3, 0.4) is 0 Å². The minimum Gasteiger partial charge on any atom is -0.355 e. The first-order chi connectivity index (χ1) is 15.2. The van der Waals surface area contributed by atoms with Crippen LogP contribution in [0.25, 0.3) is 0 Å². The van der Waals surface area contributed by atoms with Crippen molar-refractivity contribution in [3.8, 4) is 0 Å². The molecule has 2 N–H and O–H groups in total. The average Bonchev–Trinajstić information content (AvgIpc) is 3.10. The van der Waals surface area contributed by atoms with Gasteiger partial charge in [-0.15, -0.1) is 0 Å². The molecule has 0 saturated heterocycles. The summed E-state index contributed by atoms with van der Waals surface area (Å²) in [6, 6.07) is 27.8. The molecule has 0 saturated carbocycles. The normalized spacial score (nSPS) is 12.5. The number of nitrogens with zero attached hydrogens (tertiary/aromatic N) is 2. The van der Waals surface area contributed by atoms with Crippen LogP contribution in [0, 0.1) is 6.92 Å². The van der Waals surface area contributed by atoms with Crippen molar-refractivity contribution in [1.82, 2.24) is 4.98 Å². The second kappa shape index (κ2) is 7.95. The summed E-state index contributed by atoms with van der Waals surface area (Å²) < 4.78 is 0. The summed E-state index contributed by atoms with van der Waals surface area (Å²) in [5.41, 5.74) is 7.49. The van der Waals surface area contributed by atoms with Crippen LogP contribution in [0.5, 0.6) is 0 Å². The molecule has 0 radical (unpaired) electrons. The first-order valence-corrected chi connectivity index (χ1v) is 10.2. The van der Waals surface area contributed by atoms with E-state index in [1.54, 1.807) is 6.20 Å². The third-order valence-electron chi connectivity index (χ3n) is 5.31. The Morgan fingerprint density at radius 2 is 1.52 bits per heavy atom. The van der Waals surface area contributed by atoms with Crippen LogP contribution < -0.4 is 15.5 Å². The summed E-state index contributed by atoms with van der Waals surface area (Å²) >= 11 is 0. The molecule has 1 amide bonds. The molecule has 1 aliphatic rings. The van der Waals surface area contributed by atoms with Crippen molar-refractivity contribution in [2.45, 2.75) is 13.5 Å². The summed E-state index contributed by atoms with van der Waals surface area (Å²) in [7, 11) is 0. The van der Waals surface area contributed by atoms with Crippen LogP contribution in [-0.4, -0.2) is 10.9 Å². The quantitative estimate of drug-likeness (QED) is 0.424. The second-order valence-electron chi connectivity index (χ2n) is 7.62. The van der Waals surface area contributed by atoms with E-state index in [1.165, 1.54) is 0 Å². The number of fused-ring (bicyclic) bond motifs is 1. The highest BCUT2D eigenvalue weighted by atomic mass is 16.2. The monoisotopic (exact) mass is 406 g/mol. The molecule has 0 fully saturated rings. The number of pyridine rings is 1. The maximum atomic E-state index is 13.1. The molecule has 3 aromatic carbocycles. The Kier molecular flexibility index (Phi) is 4.84. The van der Waals surface area contributed by atoms with Crippen LogP contribution in [0.15, 0.2) is 91.1 Å². The van der Waals surface area contributed by atoms with Gasteiger partial charge in [0.25, 0.3) is 5.91 Å². The van der Waals surface area contributed by atoms with Gasteiger partial charge in [0, 0.05) is 45.9 Å². The number of nitrogens with one attached hydrogen (secondary N) is 2. The van der Waals surface area contributed by atoms with Gasteiger partial charge in [-0.05, 0) is 73.2 Å². The zero-order valence-corrected chi connectivity index (χ0v) is 17.2. The average molecular weight is 406 g/mol. The molecule has 152 valence electrons. The summed E-state index contributed by atoms with van der Waals surface area (Å²) in [5, 5.41) is 6.79. The lowest BCUT2D eigenvalue weighted by molar-refractivity contribution is 0.0996. The fourth-order valence-electron chi connectivity index (χ4n) is 3.84. The molecular formula is C26H22N4O. The van der Waals surface area contributed by atoms with E-state index in [0.29, 0.717) is 6.54 Å². The first-order valence-electron chi connectivity index (χ1n) is 10.2. The van der Waals surface area contributed by atoms with E-state index < -0.39 is 0 Å². The third-order valence-corrected chi connectivity index (χ3v) is 5.31. The zero-order chi connectivity index (χ0) is 21.2. The molecule has 0 spiro atoms. The molecule has 5 rings (SSSR count). The van der Waals surface area contributed by atoms with E-state index in [2.05, 4.69) is 21.7 Å². The molecule has 31 heavy (non-hydrogen) atoms. The van der Waals surface area contributed by atoms with Gasteiger partial charge in [-0.25, -0.2) is 0 Å². The van der Waals surface area contributed by atoms with Gasteiger partial charge in [-0.3, -0.25) is 9.78 Å². The van der Waals surface area contributed by atoms with E-state index in [0.717, 1.165) is 45.3 Å². The van der Waals surface area contributed by atoms with E-state index >= 15 is 0 Å². The van der Waals surface area contributed by atoms with Gasteiger partial charge in [0.05, 0.1) is 6.54 Å². The second-order valence-corrected chi connectivity index (χ2v) is 7.62. The smallest absolute Gasteiger partial charge is 0.258 e. The first kappa shape index (κ1) is 18.9. The van der Waals surface area contributed by atoms with Gasteiger partial charge in [0.2, 0.25) is 0 Å². The Balaban J connectivity index is 1.36. The molecule has 1 aromatic heterocycles. The highest BCUT2D eigenvalue weighted by Gasteiger charge is 2.28. The molecular weight excluding hydrogens is 384 g/mol. The Morgan fingerprint density at radius 1 is 0.774 bits per heavy atom. The van der Waals surface area contributed by atoms with E-state index in [1.807, 2.05) is 90.7 Å². The molecule has 5 nitrogen and oxygen atoms in total. The van der Waals surface area contributed by atoms with Gasteiger partial charge in [-0.1, -0.05) is 24.3 Å². The Bertz CT molecular complexity index is 1250. The Morgan fingerprint density at radius 3 is 2.35 bits per heavy atom. The van der Waals surface area contributed by atoms with Crippen molar-refractivity contribution in [1.29, 1.82) is 0 Å². The summed E-state index contributed by atoms with van der Waals surface area (Å²) in [4.78, 5) is 19.1. The zero-order valence-electron chi connectivity index (χ0n) is 17.2. The molecule has 1 aliphatic heterocycles. The number of aryl methyl sites for hydroxylation is 1. The Hall–Kier alpha value is -4.12. The lowest BCUT2D eigenvalue weighted by atomic mass is 10.1. The van der Waals surface area contributed by atoms with Gasteiger partial charge in [0.1, 0.15) is 0 Å². The fraction of sp³-hybridized carbons (Fsp3) is 0.0769. The van der Waals surface area contributed by atoms with E-state index in [9.17, 15) is 4.79 Å². The molecule has 0 bridgehead atoms. The predicted molar refractivity (Wildman–Crippen MR) is 125 cm³/mol. The van der Waals surface area contributed by atoms with Gasteiger partial charge in [0.15, 0.2) is 0 Å². The van der Waals surface area contributed by atoms with Crippen molar-refractivity contribution < 1.29 is 4.79 Å². The topological polar surface area (TPSA) is 57.3 Å². The van der Waals surface area contributed by atoms with E-state index in [-0.39, 0.29) is 5.91 Å². The third kappa shape index (κ3) is 3.98. The predicted octanol–water partition coefficient (Wildman–Crippen LogP) is 6.04. The number of hydrogen-bond donors (Lipinski definition) is 2. The van der Waals surface area contributed by atoms with Crippen molar-refractivity contribution >= 4 is 34.3 Å². The number of carbonyl (C=O) groups excluding carboxylic acids is 1. The Labute approximate surface area is 181 Å². The van der Waals surface area contributed by atoms with Crippen molar-refractivity contribution in [2.24, 2.45) is 0 Å². The lowest BCUT2D eigenvalue weighted by Crippen LogP contribution is -2.22. The molecule has 0 unspecified atom stereocenters. The highest BCUT2D eigenvalue weighted by Crippen LogP contribution is 2.32. The molecule has 5 heteroatoms. The molecule has 2 heterocycles. The van der Waals surface area contributed by atoms with Crippen molar-refractivity contribution in [2.75, 3.05) is 15.5 Å². The molecule has 0 aliphatic carbocycles. The number of aromatic nitrogens is 1. The van der Waals surface area contributed by atoms with Gasteiger partial charge in [-0.2, -0.15) is 0 Å².